The third-order valence-electron chi connectivity index (χ3n) is 9.33. The molecule has 2 aromatic carbocycles. The minimum absolute atomic E-state index is 0.0927. The number of rotatable bonds is 10. The Morgan fingerprint density at radius 1 is 1.04 bits per heavy atom. The second-order valence-electron chi connectivity index (χ2n) is 13.1. The predicted octanol–water partition coefficient (Wildman–Crippen LogP) is 6.93. The van der Waals surface area contributed by atoms with E-state index < -0.39 is 15.4 Å². The number of carbonyl (C=O) groups excluding carboxylic acids is 1. The Bertz CT molecular complexity index is 1900. The third-order valence-corrected chi connectivity index (χ3v) is 10.7. The predicted molar refractivity (Wildman–Crippen MR) is 177 cm³/mol. The maximum absolute atomic E-state index is 13.8. The first-order valence-corrected chi connectivity index (χ1v) is 17.6. The van der Waals surface area contributed by atoms with Gasteiger partial charge in [0.25, 0.3) is 10.0 Å². The Labute approximate surface area is 271 Å². The largest absolute Gasteiger partial charge is 0.488 e. The molecule has 0 spiro atoms. The van der Waals surface area contributed by atoms with Crippen LogP contribution in [0.25, 0.3) is 11.1 Å². The zero-order chi connectivity index (χ0) is 32.6. The molecular weight excluding hydrogens is 600 g/mol. The van der Waals surface area contributed by atoms with E-state index in [1.807, 2.05) is 43.0 Å². The number of fused-ring (bicyclic) bond motifs is 1. The maximum atomic E-state index is 13.8. The SMILES string of the molecule is CCc1cc(OCc2ccc(-c3ccccc3S(=O)(=O)Nc3noc(C)c3C)c(CN3CCC(C)(C)C3=O)c2)c2c(n1)CCCC2. The summed E-state index contributed by atoms with van der Waals surface area (Å²) in [4.78, 5) is 20.2. The molecule has 0 saturated carbocycles. The Kier molecular flexibility index (Phi) is 8.67. The number of hydrogen-bond acceptors (Lipinski definition) is 7. The van der Waals surface area contributed by atoms with Crippen LogP contribution in [0, 0.1) is 19.3 Å². The summed E-state index contributed by atoms with van der Waals surface area (Å²) >= 11 is 0. The molecule has 1 N–H and O–H groups in total. The quantitative estimate of drug-likeness (QED) is 0.199. The van der Waals surface area contributed by atoms with Gasteiger partial charge in [-0.25, -0.2) is 8.42 Å². The van der Waals surface area contributed by atoms with Gasteiger partial charge in [-0.1, -0.05) is 56.3 Å². The van der Waals surface area contributed by atoms with E-state index in [0.717, 1.165) is 72.4 Å². The smallest absolute Gasteiger partial charge is 0.263 e. The van der Waals surface area contributed by atoms with Crippen LogP contribution in [-0.4, -0.2) is 35.9 Å². The number of aromatic nitrogens is 2. The Balaban J connectivity index is 1.37. The number of carbonyl (C=O) groups is 1. The zero-order valence-electron chi connectivity index (χ0n) is 27.3. The van der Waals surface area contributed by atoms with Crippen LogP contribution in [0.2, 0.25) is 0 Å². The van der Waals surface area contributed by atoms with Gasteiger partial charge >= 0.3 is 0 Å². The monoisotopic (exact) mass is 642 g/mol. The van der Waals surface area contributed by atoms with E-state index >= 15 is 0 Å². The van der Waals surface area contributed by atoms with E-state index in [-0.39, 0.29) is 16.6 Å². The van der Waals surface area contributed by atoms with Crippen LogP contribution in [0.3, 0.4) is 0 Å². The molecule has 0 unspecified atom stereocenters. The van der Waals surface area contributed by atoms with E-state index in [1.54, 1.807) is 32.0 Å². The second kappa shape index (κ2) is 12.5. The number of aryl methyl sites for hydroxylation is 3. The van der Waals surface area contributed by atoms with Crippen LogP contribution in [0.4, 0.5) is 5.82 Å². The standard InChI is InChI=1S/C36H42N4O5S/c1-6-27-20-32(30-12-7-9-13-31(30)37-27)44-22-25-15-16-28(26(19-25)21-40-18-17-36(4,5)35(40)41)29-11-8-10-14-33(29)46(42,43)39-34-23(2)24(3)45-38-34/h8,10-11,14-16,19-20H,6-7,9,12-13,17-18,21-22H2,1-5H3,(H,38,39). The number of anilines is 1. The molecule has 0 bridgehead atoms. The molecule has 1 aliphatic carbocycles. The molecule has 1 aliphatic heterocycles. The number of likely N-dealkylation sites (tertiary alicyclic amines) is 1. The molecule has 2 aromatic heterocycles. The van der Waals surface area contributed by atoms with E-state index in [1.165, 1.54) is 5.56 Å². The lowest BCUT2D eigenvalue weighted by molar-refractivity contribution is -0.135. The highest BCUT2D eigenvalue weighted by atomic mass is 32.2. The van der Waals surface area contributed by atoms with Gasteiger partial charge in [0.1, 0.15) is 18.1 Å². The number of nitrogens with zero attached hydrogens (tertiary/aromatic N) is 3. The van der Waals surface area contributed by atoms with Gasteiger partial charge in [0.2, 0.25) is 5.91 Å². The van der Waals surface area contributed by atoms with Crippen molar-refractivity contribution in [2.24, 2.45) is 5.41 Å². The fourth-order valence-corrected chi connectivity index (χ4v) is 7.63. The minimum atomic E-state index is -4.03. The van der Waals surface area contributed by atoms with Crippen molar-refractivity contribution < 1.29 is 22.5 Å². The summed E-state index contributed by atoms with van der Waals surface area (Å²) in [5, 5.41) is 3.90. The van der Waals surface area contributed by atoms with E-state index in [2.05, 4.69) is 22.9 Å². The summed E-state index contributed by atoms with van der Waals surface area (Å²) in [5.74, 6) is 1.69. The molecule has 242 valence electrons. The molecule has 0 radical (unpaired) electrons. The van der Waals surface area contributed by atoms with Gasteiger partial charge in [-0.05, 0) is 81.2 Å². The summed E-state index contributed by atoms with van der Waals surface area (Å²) in [6, 6.07) is 14.9. The van der Waals surface area contributed by atoms with E-state index in [9.17, 15) is 13.2 Å². The fourth-order valence-electron chi connectivity index (χ4n) is 6.35. The molecule has 3 heterocycles. The summed E-state index contributed by atoms with van der Waals surface area (Å²) in [7, 11) is -4.03. The highest BCUT2D eigenvalue weighted by Crippen LogP contribution is 2.37. The van der Waals surface area contributed by atoms with Gasteiger partial charge in [-0.15, -0.1) is 0 Å². The zero-order valence-corrected chi connectivity index (χ0v) is 28.1. The molecule has 9 nitrogen and oxygen atoms in total. The van der Waals surface area contributed by atoms with Crippen molar-refractivity contribution in [2.45, 2.75) is 91.2 Å². The lowest BCUT2D eigenvalue weighted by atomic mass is 9.92. The molecule has 4 aromatic rings. The fraction of sp³-hybridized carbons (Fsp3) is 0.417. The molecular formula is C36H42N4O5S. The number of hydrogen-bond donors (Lipinski definition) is 1. The van der Waals surface area contributed by atoms with Crippen LogP contribution in [0.5, 0.6) is 5.75 Å². The van der Waals surface area contributed by atoms with Crippen LogP contribution in [0.1, 0.15) is 79.4 Å². The van der Waals surface area contributed by atoms with Crippen LogP contribution < -0.4 is 9.46 Å². The van der Waals surface area contributed by atoms with Crippen molar-refractivity contribution in [2.75, 3.05) is 11.3 Å². The van der Waals surface area contributed by atoms with Gasteiger partial charge in [-0.3, -0.25) is 14.5 Å². The van der Waals surface area contributed by atoms with Crippen molar-refractivity contribution >= 4 is 21.7 Å². The summed E-state index contributed by atoms with van der Waals surface area (Å²) < 4.78 is 41.8. The first kappa shape index (κ1) is 31.8. The number of sulfonamides is 1. The van der Waals surface area contributed by atoms with Crippen LogP contribution >= 0.6 is 0 Å². The average molecular weight is 643 g/mol. The maximum Gasteiger partial charge on any atom is 0.263 e. The normalized spacial score (nSPS) is 16.0. The number of ether oxygens (including phenoxy) is 1. The van der Waals surface area contributed by atoms with Crippen LogP contribution in [0.15, 0.2) is 57.9 Å². The molecule has 10 heteroatoms. The van der Waals surface area contributed by atoms with Gasteiger partial charge in [0.05, 0.1) is 4.90 Å². The number of benzene rings is 2. The molecule has 1 saturated heterocycles. The number of pyridine rings is 1. The molecule has 2 aliphatic rings. The van der Waals surface area contributed by atoms with E-state index in [4.69, 9.17) is 14.2 Å². The topological polar surface area (TPSA) is 115 Å². The highest BCUT2D eigenvalue weighted by Gasteiger charge is 2.38. The van der Waals surface area contributed by atoms with Gasteiger partial charge in [0, 0.05) is 52.6 Å². The molecule has 0 atom stereocenters. The van der Waals surface area contributed by atoms with Crippen LogP contribution in [-0.2, 0) is 47.2 Å². The second-order valence-corrected chi connectivity index (χ2v) is 14.7. The average Bonchev–Trinajstić information content (AvgIpc) is 3.50. The van der Waals surface area contributed by atoms with Crippen molar-refractivity contribution in [3.05, 3.63) is 87.9 Å². The van der Waals surface area contributed by atoms with Crippen molar-refractivity contribution in [1.29, 1.82) is 0 Å². The summed E-state index contributed by atoms with van der Waals surface area (Å²) in [6.07, 6.45) is 5.82. The van der Waals surface area contributed by atoms with Gasteiger partial charge in [0.15, 0.2) is 5.82 Å². The van der Waals surface area contributed by atoms with Crippen molar-refractivity contribution in [3.8, 4) is 16.9 Å². The Hall–Kier alpha value is -4.18. The van der Waals surface area contributed by atoms with Gasteiger partial charge in [-0.2, -0.15) is 0 Å². The molecule has 46 heavy (non-hydrogen) atoms. The molecule has 1 fully saturated rings. The molecule has 1 amide bonds. The Morgan fingerprint density at radius 3 is 2.54 bits per heavy atom. The first-order chi connectivity index (χ1) is 22.0. The summed E-state index contributed by atoms with van der Waals surface area (Å²) in [6.45, 7) is 10.9. The minimum Gasteiger partial charge on any atom is -0.488 e. The Morgan fingerprint density at radius 2 is 1.83 bits per heavy atom. The number of nitrogens with one attached hydrogen (secondary N) is 1. The highest BCUT2D eigenvalue weighted by molar-refractivity contribution is 7.92. The van der Waals surface area contributed by atoms with E-state index in [0.29, 0.717) is 36.6 Å². The van der Waals surface area contributed by atoms with Gasteiger partial charge < -0.3 is 14.2 Å². The lowest BCUT2D eigenvalue weighted by Crippen LogP contribution is -2.30. The first-order valence-electron chi connectivity index (χ1n) is 16.1. The lowest BCUT2D eigenvalue weighted by Gasteiger charge is -2.23. The van der Waals surface area contributed by atoms with Crippen molar-refractivity contribution in [3.63, 3.8) is 0 Å². The third kappa shape index (κ3) is 6.27. The number of amides is 1. The van der Waals surface area contributed by atoms with Crippen molar-refractivity contribution in [1.82, 2.24) is 15.0 Å². The molecule has 6 rings (SSSR count). The summed E-state index contributed by atoms with van der Waals surface area (Å²) in [5.41, 5.74) is 6.65.